The van der Waals surface area contributed by atoms with Crippen molar-refractivity contribution in [2.75, 3.05) is 0 Å². The van der Waals surface area contributed by atoms with E-state index >= 15 is 0 Å². The summed E-state index contributed by atoms with van der Waals surface area (Å²) in [5.74, 6) is 0.433. The third-order valence-corrected chi connectivity index (χ3v) is 3.35. The van der Waals surface area contributed by atoms with Gasteiger partial charge in [0, 0.05) is 37.1 Å². The first-order chi connectivity index (χ1) is 10.2. The largest absolute Gasteiger partial charge is 0.350 e. The van der Waals surface area contributed by atoms with Crippen LogP contribution in [0.3, 0.4) is 0 Å². The number of rotatable bonds is 4. The number of amides is 2. The molecule has 2 aromatic rings. The van der Waals surface area contributed by atoms with E-state index in [1.165, 1.54) is 0 Å². The maximum absolute atomic E-state index is 12.0. The lowest BCUT2D eigenvalue weighted by Gasteiger charge is -2.12. The maximum Gasteiger partial charge on any atom is 0.242 e. The Morgan fingerprint density at radius 1 is 1.43 bits per heavy atom. The Labute approximate surface area is 121 Å². The molecule has 0 spiro atoms. The van der Waals surface area contributed by atoms with Crippen LogP contribution in [-0.2, 0) is 16.1 Å². The highest BCUT2D eigenvalue weighted by atomic mass is 16.2. The van der Waals surface area contributed by atoms with Crippen molar-refractivity contribution in [1.29, 1.82) is 0 Å². The Bertz CT molecular complexity index is 653. The van der Waals surface area contributed by atoms with Gasteiger partial charge in [-0.2, -0.15) is 5.10 Å². The van der Waals surface area contributed by atoms with Gasteiger partial charge in [-0.05, 0) is 18.6 Å². The molecule has 7 heteroatoms. The summed E-state index contributed by atoms with van der Waals surface area (Å²) in [5, 5.41) is 9.62. The lowest BCUT2D eigenvalue weighted by atomic mass is 10.2. The Morgan fingerprint density at radius 2 is 2.33 bits per heavy atom. The van der Waals surface area contributed by atoms with E-state index in [-0.39, 0.29) is 11.8 Å². The minimum Gasteiger partial charge on any atom is -0.350 e. The third kappa shape index (κ3) is 2.91. The quantitative estimate of drug-likeness (QED) is 0.837. The summed E-state index contributed by atoms with van der Waals surface area (Å²) in [5.41, 5.74) is 0.860. The minimum atomic E-state index is -0.428. The van der Waals surface area contributed by atoms with Crippen molar-refractivity contribution < 1.29 is 9.59 Å². The van der Waals surface area contributed by atoms with Gasteiger partial charge in [-0.1, -0.05) is 6.07 Å². The van der Waals surface area contributed by atoms with E-state index in [0.717, 1.165) is 5.56 Å². The van der Waals surface area contributed by atoms with Crippen molar-refractivity contribution >= 4 is 11.8 Å². The van der Waals surface area contributed by atoms with E-state index in [0.29, 0.717) is 25.2 Å². The summed E-state index contributed by atoms with van der Waals surface area (Å²) in [7, 11) is 0. The molecule has 2 N–H and O–H groups in total. The van der Waals surface area contributed by atoms with Gasteiger partial charge in [0.05, 0.1) is 0 Å². The number of nitrogens with zero attached hydrogens (tertiary/aromatic N) is 3. The monoisotopic (exact) mass is 285 g/mol. The predicted molar refractivity (Wildman–Crippen MR) is 74.4 cm³/mol. The van der Waals surface area contributed by atoms with Gasteiger partial charge in [0.15, 0.2) is 5.82 Å². The molecule has 1 atom stereocenters. The number of nitrogens with one attached hydrogen (secondary N) is 2. The van der Waals surface area contributed by atoms with Crippen LogP contribution in [0.4, 0.5) is 0 Å². The second-order valence-corrected chi connectivity index (χ2v) is 4.81. The smallest absolute Gasteiger partial charge is 0.242 e. The second-order valence-electron chi connectivity index (χ2n) is 4.81. The molecular formula is C14H15N5O2. The van der Waals surface area contributed by atoms with Crippen LogP contribution in [0.25, 0.3) is 5.82 Å². The zero-order valence-electron chi connectivity index (χ0n) is 11.3. The predicted octanol–water partition coefficient (Wildman–Crippen LogP) is 0.162. The van der Waals surface area contributed by atoms with Crippen molar-refractivity contribution in [1.82, 2.24) is 25.4 Å². The van der Waals surface area contributed by atoms with E-state index in [4.69, 9.17) is 0 Å². The summed E-state index contributed by atoms with van der Waals surface area (Å²) in [6, 6.07) is 5.08. The summed E-state index contributed by atoms with van der Waals surface area (Å²) >= 11 is 0. The highest BCUT2D eigenvalue weighted by Crippen LogP contribution is 2.11. The fourth-order valence-electron chi connectivity index (χ4n) is 2.28. The topological polar surface area (TPSA) is 88.9 Å². The molecule has 0 aromatic carbocycles. The van der Waals surface area contributed by atoms with Crippen LogP contribution in [-0.4, -0.2) is 32.6 Å². The van der Waals surface area contributed by atoms with Gasteiger partial charge in [0.2, 0.25) is 11.8 Å². The van der Waals surface area contributed by atoms with E-state index in [1.807, 2.05) is 18.2 Å². The maximum atomic E-state index is 12.0. The molecule has 3 rings (SSSR count). The van der Waals surface area contributed by atoms with E-state index < -0.39 is 6.04 Å². The standard InChI is InChI=1S/C14H15N5O2/c20-12-5-4-11(18-12)14(21)16-9-10-3-1-6-15-13(10)19-8-2-7-17-19/h1-3,6-8,11H,4-5,9H2,(H,16,21)(H,18,20)/t11-/m0/s1. The molecule has 1 aliphatic rings. The van der Waals surface area contributed by atoms with Gasteiger partial charge >= 0.3 is 0 Å². The van der Waals surface area contributed by atoms with Crippen molar-refractivity contribution in [2.24, 2.45) is 0 Å². The first kappa shape index (κ1) is 13.3. The molecule has 0 radical (unpaired) electrons. The molecule has 2 amide bonds. The SMILES string of the molecule is O=C1CC[C@@H](C(=O)NCc2cccnc2-n2cccn2)N1. The van der Waals surface area contributed by atoms with Gasteiger partial charge < -0.3 is 10.6 Å². The van der Waals surface area contributed by atoms with Crippen LogP contribution in [0, 0.1) is 0 Å². The molecule has 1 fully saturated rings. The Morgan fingerprint density at radius 3 is 3.05 bits per heavy atom. The molecule has 1 aliphatic heterocycles. The molecule has 0 aliphatic carbocycles. The molecule has 7 nitrogen and oxygen atoms in total. The van der Waals surface area contributed by atoms with Gasteiger partial charge in [0.25, 0.3) is 0 Å². The second kappa shape index (κ2) is 5.74. The molecule has 0 bridgehead atoms. The average Bonchev–Trinajstić information content (AvgIpc) is 3.16. The van der Waals surface area contributed by atoms with Gasteiger partial charge in [-0.15, -0.1) is 0 Å². The molecule has 3 heterocycles. The first-order valence-corrected chi connectivity index (χ1v) is 6.75. The number of aromatic nitrogens is 3. The van der Waals surface area contributed by atoms with E-state index in [2.05, 4.69) is 20.7 Å². The van der Waals surface area contributed by atoms with Gasteiger partial charge in [-0.25, -0.2) is 9.67 Å². The average molecular weight is 285 g/mol. The van der Waals surface area contributed by atoms with Crippen molar-refractivity contribution in [3.05, 3.63) is 42.4 Å². The molecular weight excluding hydrogens is 270 g/mol. The van der Waals surface area contributed by atoms with Crippen LogP contribution >= 0.6 is 0 Å². The summed E-state index contributed by atoms with van der Waals surface area (Å²) in [6.45, 7) is 0.342. The zero-order valence-corrected chi connectivity index (χ0v) is 11.3. The van der Waals surface area contributed by atoms with Gasteiger partial charge in [0.1, 0.15) is 6.04 Å². The molecule has 2 aromatic heterocycles. The minimum absolute atomic E-state index is 0.0752. The number of pyridine rings is 1. The summed E-state index contributed by atoms with van der Waals surface area (Å²) < 4.78 is 1.65. The van der Waals surface area contributed by atoms with Gasteiger partial charge in [-0.3, -0.25) is 9.59 Å². The van der Waals surface area contributed by atoms with Crippen LogP contribution in [0.5, 0.6) is 0 Å². The van der Waals surface area contributed by atoms with Crippen LogP contribution in [0.2, 0.25) is 0 Å². The fraction of sp³-hybridized carbons (Fsp3) is 0.286. The number of hydrogen-bond donors (Lipinski definition) is 2. The lowest BCUT2D eigenvalue weighted by Crippen LogP contribution is -2.41. The first-order valence-electron chi connectivity index (χ1n) is 6.75. The number of hydrogen-bond acceptors (Lipinski definition) is 4. The fourth-order valence-corrected chi connectivity index (χ4v) is 2.28. The summed E-state index contributed by atoms with van der Waals surface area (Å²) in [6.07, 6.45) is 6.10. The molecule has 21 heavy (non-hydrogen) atoms. The molecule has 0 unspecified atom stereocenters. The Kier molecular flexibility index (Phi) is 3.63. The van der Waals surface area contributed by atoms with Crippen LogP contribution < -0.4 is 10.6 Å². The zero-order chi connectivity index (χ0) is 14.7. The summed E-state index contributed by atoms with van der Waals surface area (Å²) in [4.78, 5) is 27.4. The highest BCUT2D eigenvalue weighted by Gasteiger charge is 2.26. The van der Waals surface area contributed by atoms with E-state index in [1.54, 1.807) is 23.3 Å². The molecule has 108 valence electrons. The highest BCUT2D eigenvalue weighted by molar-refractivity contribution is 5.90. The lowest BCUT2D eigenvalue weighted by molar-refractivity contribution is -0.125. The normalized spacial score (nSPS) is 17.5. The van der Waals surface area contributed by atoms with Crippen molar-refractivity contribution in [3.63, 3.8) is 0 Å². The molecule has 1 saturated heterocycles. The third-order valence-electron chi connectivity index (χ3n) is 3.35. The molecule has 0 saturated carbocycles. The van der Waals surface area contributed by atoms with Crippen LogP contribution in [0.15, 0.2) is 36.8 Å². The van der Waals surface area contributed by atoms with Crippen molar-refractivity contribution in [2.45, 2.75) is 25.4 Å². The van der Waals surface area contributed by atoms with Crippen molar-refractivity contribution in [3.8, 4) is 5.82 Å². The number of carbonyl (C=O) groups excluding carboxylic acids is 2. The Hall–Kier alpha value is -2.70. The Balaban J connectivity index is 1.68. The van der Waals surface area contributed by atoms with E-state index in [9.17, 15) is 9.59 Å². The van der Waals surface area contributed by atoms with Crippen LogP contribution in [0.1, 0.15) is 18.4 Å². The number of carbonyl (C=O) groups is 2.